The van der Waals surface area contributed by atoms with Crippen LogP contribution in [0, 0.1) is 0 Å². The lowest BCUT2D eigenvalue weighted by atomic mass is 10.2. The third kappa shape index (κ3) is 2.08. The Morgan fingerprint density at radius 1 is 1.14 bits per heavy atom. The minimum Gasteiger partial charge on any atom is -0.493 e. The lowest BCUT2D eigenvalue weighted by Gasteiger charge is -2.07. The van der Waals surface area contributed by atoms with Gasteiger partial charge in [-0.2, -0.15) is 4.80 Å². The average Bonchev–Trinajstić information content (AvgIpc) is 2.94. The van der Waals surface area contributed by atoms with Gasteiger partial charge in [0.1, 0.15) is 6.00 Å². The number of H-pyrrole nitrogens is 1. The standard InChI is InChI=1S/C13H11ClN4O4/c1-21-8-3-6-7(4-9(8)22-2)15-13(20)11-10(12(6)19)16-18(5-14)17-11/h3-4H,5H2,1-2H3,(H,15,20). The molecule has 0 saturated carbocycles. The molecule has 3 rings (SSSR count). The number of aromatic nitrogens is 4. The van der Waals surface area contributed by atoms with Crippen LogP contribution in [-0.4, -0.2) is 34.2 Å². The molecule has 0 radical (unpaired) electrons. The van der Waals surface area contributed by atoms with Crippen LogP contribution in [0.2, 0.25) is 0 Å². The molecule has 1 aromatic carbocycles. The fourth-order valence-electron chi connectivity index (χ4n) is 2.19. The Morgan fingerprint density at radius 2 is 1.77 bits per heavy atom. The number of hydrogen-bond donors (Lipinski definition) is 1. The van der Waals surface area contributed by atoms with Crippen molar-refractivity contribution < 1.29 is 9.47 Å². The summed E-state index contributed by atoms with van der Waals surface area (Å²) in [7, 11) is 2.92. The van der Waals surface area contributed by atoms with Gasteiger partial charge in [-0.15, -0.1) is 10.2 Å². The number of hydrogen-bond acceptors (Lipinski definition) is 6. The van der Waals surface area contributed by atoms with Crippen LogP contribution < -0.4 is 20.5 Å². The summed E-state index contributed by atoms with van der Waals surface area (Å²) in [6.45, 7) is 0. The molecule has 0 bridgehead atoms. The first-order valence-corrected chi connectivity index (χ1v) is 6.75. The van der Waals surface area contributed by atoms with Crippen molar-refractivity contribution in [2.24, 2.45) is 0 Å². The van der Waals surface area contributed by atoms with Gasteiger partial charge in [0, 0.05) is 6.07 Å². The Bertz CT molecular complexity index is 995. The van der Waals surface area contributed by atoms with E-state index in [-0.39, 0.29) is 22.4 Å². The Balaban J connectivity index is 2.54. The maximum Gasteiger partial charge on any atom is 0.278 e. The molecule has 2 heterocycles. The van der Waals surface area contributed by atoms with Gasteiger partial charge >= 0.3 is 0 Å². The smallest absolute Gasteiger partial charge is 0.278 e. The van der Waals surface area contributed by atoms with Crippen LogP contribution in [0.5, 0.6) is 11.5 Å². The van der Waals surface area contributed by atoms with Crippen LogP contribution in [0.4, 0.5) is 0 Å². The highest BCUT2D eigenvalue weighted by Gasteiger charge is 2.14. The van der Waals surface area contributed by atoms with Crippen molar-refractivity contribution in [2.45, 2.75) is 6.00 Å². The zero-order chi connectivity index (χ0) is 15.9. The number of nitrogens with one attached hydrogen (secondary N) is 1. The predicted molar refractivity (Wildman–Crippen MR) is 80.9 cm³/mol. The molecule has 0 aliphatic heterocycles. The van der Waals surface area contributed by atoms with Gasteiger partial charge in [-0.1, -0.05) is 11.6 Å². The normalized spacial score (nSPS) is 11.0. The Labute approximate surface area is 128 Å². The van der Waals surface area contributed by atoms with Crippen LogP contribution in [0.3, 0.4) is 0 Å². The first-order valence-electron chi connectivity index (χ1n) is 6.22. The van der Waals surface area contributed by atoms with E-state index >= 15 is 0 Å². The third-order valence-corrected chi connectivity index (χ3v) is 3.42. The minimum absolute atomic E-state index is 0.0517. The lowest BCUT2D eigenvalue weighted by Crippen LogP contribution is -2.04. The number of fused-ring (bicyclic) bond motifs is 2. The van der Waals surface area contributed by atoms with Gasteiger partial charge < -0.3 is 14.5 Å². The van der Waals surface area contributed by atoms with Crippen LogP contribution in [0.1, 0.15) is 0 Å². The number of nitrogens with zero attached hydrogens (tertiary/aromatic N) is 3. The topological polar surface area (TPSA) is 99.1 Å². The number of alkyl halides is 1. The quantitative estimate of drug-likeness (QED) is 0.718. The summed E-state index contributed by atoms with van der Waals surface area (Å²) in [5.41, 5.74) is -0.792. The largest absolute Gasteiger partial charge is 0.493 e. The van der Waals surface area contributed by atoms with E-state index in [1.165, 1.54) is 26.4 Å². The van der Waals surface area contributed by atoms with Crippen molar-refractivity contribution >= 4 is 33.5 Å². The van der Waals surface area contributed by atoms with Gasteiger partial charge in [0.2, 0.25) is 5.43 Å². The highest BCUT2D eigenvalue weighted by molar-refractivity contribution is 6.15. The summed E-state index contributed by atoms with van der Waals surface area (Å²) in [4.78, 5) is 28.5. The number of methoxy groups -OCH3 is 2. The second-order valence-electron chi connectivity index (χ2n) is 4.43. The van der Waals surface area contributed by atoms with E-state index in [9.17, 15) is 9.59 Å². The van der Waals surface area contributed by atoms with Gasteiger partial charge in [0.05, 0.1) is 25.1 Å². The minimum atomic E-state index is -0.536. The van der Waals surface area contributed by atoms with E-state index in [2.05, 4.69) is 15.2 Å². The van der Waals surface area contributed by atoms with E-state index in [1.54, 1.807) is 0 Å². The highest BCUT2D eigenvalue weighted by Crippen LogP contribution is 2.29. The molecule has 2 aromatic heterocycles. The van der Waals surface area contributed by atoms with Gasteiger partial charge in [-0.3, -0.25) is 9.59 Å². The molecule has 3 aromatic rings. The molecule has 1 N–H and O–H groups in total. The van der Waals surface area contributed by atoms with Crippen molar-refractivity contribution in [3.63, 3.8) is 0 Å². The first kappa shape index (κ1) is 14.3. The van der Waals surface area contributed by atoms with Gasteiger partial charge in [0.15, 0.2) is 22.5 Å². The van der Waals surface area contributed by atoms with Crippen molar-refractivity contribution in [2.75, 3.05) is 14.2 Å². The monoisotopic (exact) mass is 322 g/mol. The predicted octanol–water partition coefficient (Wildman–Crippen LogP) is 0.846. The zero-order valence-electron chi connectivity index (χ0n) is 11.7. The Kier molecular flexibility index (Phi) is 3.45. The molecule has 0 amide bonds. The summed E-state index contributed by atoms with van der Waals surface area (Å²) in [5.74, 6) is 0.768. The Hall–Kier alpha value is -2.61. The molecular weight excluding hydrogens is 312 g/mol. The fourth-order valence-corrected chi connectivity index (χ4v) is 2.29. The molecule has 8 nitrogen and oxygen atoms in total. The summed E-state index contributed by atoms with van der Waals surface area (Å²) >= 11 is 5.63. The summed E-state index contributed by atoms with van der Waals surface area (Å²) in [6, 6.07) is 2.95. The SMILES string of the molecule is COc1cc2[nH]c(=O)c3nn(CCl)nc3c(=O)c2cc1OC. The van der Waals surface area contributed by atoms with E-state index in [0.717, 1.165) is 4.80 Å². The first-order chi connectivity index (χ1) is 10.6. The molecule has 114 valence electrons. The van der Waals surface area contributed by atoms with Crippen molar-refractivity contribution in [1.82, 2.24) is 20.0 Å². The highest BCUT2D eigenvalue weighted by atomic mass is 35.5. The maximum absolute atomic E-state index is 12.6. The van der Waals surface area contributed by atoms with Crippen LogP contribution >= 0.6 is 11.6 Å². The number of ether oxygens (including phenoxy) is 2. The lowest BCUT2D eigenvalue weighted by molar-refractivity contribution is 0.356. The third-order valence-electron chi connectivity index (χ3n) is 3.21. The molecular formula is C13H11ClN4O4. The molecule has 0 fully saturated rings. The molecule has 0 aliphatic carbocycles. The van der Waals surface area contributed by atoms with Crippen LogP contribution in [-0.2, 0) is 6.00 Å². The second kappa shape index (κ2) is 5.30. The zero-order valence-corrected chi connectivity index (χ0v) is 12.5. The number of rotatable bonds is 3. The average molecular weight is 323 g/mol. The molecule has 0 saturated heterocycles. The van der Waals surface area contributed by atoms with E-state index in [0.29, 0.717) is 17.0 Å². The summed E-state index contributed by atoms with van der Waals surface area (Å²) in [6.07, 6.45) is 0. The Morgan fingerprint density at radius 3 is 2.41 bits per heavy atom. The molecule has 22 heavy (non-hydrogen) atoms. The summed E-state index contributed by atoms with van der Waals surface area (Å²) in [5, 5.41) is 8.10. The maximum atomic E-state index is 12.6. The number of benzene rings is 1. The number of halogens is 1. The van der Waals surface area contributed by atoms with E-state index in [4.69, 9.17) is 21.1 Å². The molecule has 9 heteroatoms. The van der Waals surface area contributed by atoms with Crippen molar-refractivity contribution in [3.8, 4) is 11.5 Å². The van der Waals surface area contributed by atoms with E-state index in [1.807, 2.05) is 0 Å². The fraction of sp³-hybridized carbons (Fsp3) is 0.231. The number of aromatic amines is 1. The van der Waals surface area contributed by atoms with Gasteiger partial charge in [-0.25, -0.2) is 0 Å². The molecule has 0 spiro atoms. The van der Waals surface area contributed by atoms with Crippen LogP contribution in [0.15, 0.2) is 21.7 Å². The van der Waals surface area contributed by atoms with E-state index < -0.39 is 11.0 Å². The second-order valence-corrected chi connectivity index (χ2v) is 4.66. The van der Waals surface area contributed by atoms with Gasteiger partial charge in [0.25, 0.3) is 5.56 Å². The van der Waals surface area contributed by atoms with Gasteiger partial charge in [-0.05, 0) is 6.07 Å². The molecule has 0 atom stereocenters. The molecule has 0 unspecified atom stereocenters. The molecule has 0 aliphatic rings. The summed E-state index contributed by atoms with van der Waals surface area (Å²) < 4.78 is 10.3. The van der Waals surface area contributed by atoms with Crippen molar-refractivity contribution in [3.05, 3.63) is 32.7 Å². The van der Waals surface area contributed by atoms with Crippen LogP contribution in [0.25, 0.3) is 21.9 Å². The van der Waals surface area contributed by atoms with Crippen molar-refractivity contribution in [1.29, 1.82) is 0 Å².